The van der Waals surface area contributed by atoms with E-state index in [-0.39, 0.29) is 24.9 Å². The van der Waals surface area contributed by atoms with Crippen LogP contribution in [-0.2, 0) is 25.5 Å². The van der Waals surface area contributed by atoms with Crippen molar-refractivity contribution in [1.29, 1.82) is 0 Å². The maximum Gasteiger partial charge on any atom is 0.326 e. The number of carbonyl (C=O) groups excluding carboxylic acids is 4. The molecule has 1 aliphatic rings. The third-order valence-corrected chi connectivity index (χ3v) is 3.46. The van der Waals surface area contributed by atoms with Crippen molar-refractivity contribution >= 4 is 23.8 Å². The van der Waals surface area contributed by atoms with Crippen LogP contribution in [0.1, 0.15) is 25.3 Å². The summed E-state index contributed by atoms with van der Waals surface area (Å²) in [6.45, 7) is 1.00. The van der Waals surface area contributed by atoms with E-state index in [0.717, 1.165) is 18.4 Å². The maximum absolute atomic E-state index is 11.7. The van der Waals surface area contributed by atoms with E-state index in [0.29, 0.717) is 0 Å². The van der Waals surface area contributed by atoms with E-state index in [1.807, 2.05) is 18.2 Å². The van der Waals surface area contributed by atoms with Gasteiger partial charge in [0.05, 0.1) is 6.42 Å². The lowest BCUT2D eigenvalue weighted by Gasteiger charge is -2.13. The van der Waals surface area contributed by atoms with Crippen molar-refractivity contribution < 1.29 is 23.9 Å². The Balaban J connectivity index is 1.65. The normalized spacial score (nSPS) is 14.1. The number of nitrogens with one attached hydrogen (secondary N) is 3. The Morgan fingerprint density at radius 1 is 1.16 bits per heavy atom. The molecule has 0 aromatic heterocycles. The van der Waals surface area contributed by atoms with E-state index >= 15 is 0 Å². The van der Waals surface area contributed by atoms with Gasteiger partial charge >= 0.3 is 12.0 Å². The van der Waals surface area contributed by atoms with E-state index in [4.69, 9.17) is 4.74 Å². The zero-order chi connectivity index (χ0) is 18.2. The predicted octanol–water partition coefficient (Wildman–Crippen LogP) is 0.265. The summed E-state index contributed by atoms with van der Waals surface area (Å²) in [4.78, 5) is 46.6. The molecule has 25 heavy (non-hydrogen) atoms. The molecule has 0 bridgehead atoms. The fourth-order valence-electron chi connectivity index (χ4n) is 1.97. The summed E-state index contributed by atoms with van der Waals surface area (Å²) < 4.78 is 4.89. The maximum atomic E-state index is 11.7. The lowest BCUT2D eigenvalue weighted by atomic mass is 10.1. The summed E-state index contributed by atoms with van der Waals surface area (Å²) in [5, 5.41) is 7.11. The van der Waals surface area contributed by atoms with Gasteiger partial charge in [-0.2, -0.15) is 0 Å². The molecule has 4 amide bonds. The van der Waals surface area contributed by atoms with Gasteiger partial charge in [-0.25, -0.2) is 4.79 Å². The first-order chi connectivity index (χ1) is 11.9. The molecule has 0 heterocycles. The number of carbonyl (C=O) groups is 4. The smallest absolute Gasteiger partial charge is 0.326 e. The van der Waals surface area contributed by atoms with Crippen LogP contribution < -0.4 is 16.0 Å². The molecule has 1 aromatic carbocycles. The Kier molecular flexibility index (Phi) is 6.50. The fourth-order valence-corrected chi connectivity index (χ4v) is 1.97. The lowest BCUT2D eigenvalue weighted by Crippen LogP contribution is -2.46. The molecule has 8 heteroatoms. The number of amides is 4. The van der Waals surface area contributed by atoms with Crippen molar-refractivity contribution in [2.45, 2.75) is 38.3 Å². The van der Waals surface area contributed by atoms with Crippen LogP contribution in [-0.4, -0.2) is 42.5 Å². The van der Waals surface area contributed by atoms with Crippen LogP contribution in [0.3, 0.4) is 0 Å². The molecule has 1 atom stereocenters. The highest BCUT2D eigenvalue weighted by molar-refractivity contribution is 5.97. The van der Waals surface area contributed by atoms with Crippen molar-refractivity contribution in [3.63, 3.8) is 0 Å². The second kappa shape index (κ2) is 8.81. The molecule has 3 N–H and O–H groups in total. The number of benzene rings is 1. The molecule has 1 aromatic rings. The standard InChI is InChI=1S/C17H21N3O5/c1-11(16(23)20-17(24)19-13-7-8-13)25-15(22)10-18-14(21)9-12-5-3-2-4-6-12/h2-6,11,13H,7-10H2,1H3,(H,18,21)(H2,19,20,23,24). The van der Waals surface area contributed by atoms with Crippen molar-refractivity contribution in [1.82, 2.24) is 16.0 Å². The van der Waals surface area contributed by atoms with Gasteiger partial charge in [-0.1, -0.05) is 30.3 Å². The van der Waals surface area contributed by atoms with Gasteiger partial charge < -0.3 is 15.4 Å². The minimum atomic E-state index is -1.14. The van der Waals surface area contributed by atoms with Crippen molar-refractivity contribution in [2.75, 3.05) is 6.54 Å². The molecule has 2 rings (SSSR count). The Labute approximate surface area is 145 Å². The van der Waals surface area contributed by atoms with Crippen LogP contribution in [0.2, 0.25) is 0 Å². The molecular weight excluding hydrogens is 326 g/mol. The highest BCUT2D eigenvalue weighted by Gasteiger charge is 2.26. The van der Waals surface area contributed by atoms with Gasteiger partial charge in [0.25, 0.3) is 5.91 Å². The topological polar surface area (TPSA) is 114 Å². The fraction of sp³-hybridized carbons (Fsp3) is 0.412. The average molecular weight is 347 g/mol. The van der Waals surface area contributed by atoms with E-state index in [1.165, 1.54) is 6.92 Å². The minimum absolute atomic E-state index is 0.116. The molecule has 8 nitrogen and oxygen atoms in total. The highest BCUT2D eigenvalue weighted by Crippen LogP contribution is 2.18. The van der Waals surface area contributed by atoms with Crippen LogP contribution in [0.15, 0.2) is 30.3 Å². The summed E-state index contributed by atoms with van der Waals surface area (Å²) in [5.41, 5.74) is 0.822. The number of hydrogen-bond donors (Lipinski definition) is 3. The third-order valence-electron chi connectivity index (χ3n) is 3.46. The molecule has 0 spiro atoms. The number of hydrogen-bond acceptors (Lipinski definition) is 5. The van der Waals surface area contributed by atoms with Gasteiger partial charge in [0.2, 0.25) is 5.91 Å². The molecule has 1 unspecified atom stereocenters. The summed E-state index contributed by atoms with van der Waals surface area (Å²) >= 11 is 0. The van der Waals surface area contributed by atoms with Gasteiger partial charge in [-0.3, -0.25) is 19.7 Å². The third kappa shape index (κ3) is 7.03. The Hall–Kier alpha value is -2.90. The van der Waals surface area contributed by atoms with Crippen molar-refractivity contribution in [2.24, 2.45) is 0 Å². The van der Waals surface area contributed by atoms with Gasteiger partial charge in [-0.15, -0.1) is 0 Å². The Morgan fingerprint density at radius 2 is 1.84 bits per heavy atom. The van der Waals surface area contributed by atoms with Gasteiger partial charge in [-0.05, 0) is 25.3 Å². The molecule has 134 valence electrons. The molecule has 1 saturated carbocycles. The van der Waals surface area contributed by atoms with Crippen LogP contribution >= 0.6 is 0 Å². The number of urea groups is 1. The minimum Gasteiger partial charge on any atom is -0.451 e. The largest absolute Gasteiger partial charge is 0.451 e. The predicted molar refractivity (Wildman–Crippen MR) is 88.4 cm³/mol. The summed E-state index contributed by atoms with van der Waals surface area (Å²) in [7, 11) is 0. The second-order valence-corrected chi connectivity index (χ2v) is 5.81. The van der Waals surface area contributed by atoms with Gasteiger partial charge in [0, 0.05) is 6.04 Å². The van der Waals surface area contributed by atoms with E-state index in [1.54, 1.807) is 12.1 Å². The average Bonchev–Trinajstić information content (AvgIpc) is 3.37. The van der Waals surface area contributed by atoms with Crippen LogP contribution in [0.5, 0.6) is 0 Å². The van der Waals surface area contributed by atoms with E-state index in [2.05, 4.69) is 16.0 Å². The summed E-state index contributed by atoms with van der Waals surface area (Å²) in [6, 6.07) is 8.59. The Morgan fingerprint density at radius 3 is 2.48 bits per heavy atom. The summed E-state index contributed by atoms with van der Waals surface area (Å²) in [6.07, 6.45) is 0.804. The van der Waals surface area contributed by atoms with Crippen molar-refractivity contribution in [3.8, 4) is 0 Å². The first-order valence-electron chi connectivity index (χ1n) is 8.05. The van der Waals surface area contributed by atoms with Gasteiger partial charge in [0.15, 0.2) is 6.10 Å². The zero-order valence-electron chi connectivity index (χ0n) is 13.9. The molecule has 1 fully saturated rings. The monoisotopic (exact) mass is 347 g/mol. The Bertz CT molecular complexity index is 643. The first-order valence-corrected chi connectivity index (χ1v) is 8.05. The number of ether oxygens (including phenoxy) is 1. The number of rotatable bonds is 7. The van der Waals surface area contributed by atoms with Gasteiger partial charge in [0.1, 0.15) is 6.54 Å². The quantitative estimate of drug-likeness (QED) is 0.613. The molecular formula is C17H21N3O5. The van der Waals surface area contributed by atoms with E-state index in [9.17, 15) is 19.2 Å². The molecule has 0 radical (unpaired) electrons. The number of imide groups is 1. The first kappa shape index (κ1) is 18.4. The van der Waals surface area contributed by atoms with Crippen molar-refractivity contribution in [3.05, 3.63) is 35.9 Å². The van der Waals surface area contributed by atoms with Crippen LogP contribution in [0, 0.1) is 0 Å². The van der Waals surface area contributed by atoms with E-state index < -0.39 is 24.0 Å². The highest BCUT2D eigenvalue weighted by atomic mass is 16.5. The van der Waals surface area contributed by atoms with Crippen LogP contribution in [0.4, 0.5) is 4.79 Å². The van der Waals surface area contributed by atoms with Crippen LogP contribution in [0.25, 0.3) is 0 Å². The molecule has 1 aliphatic carbocycles. The zero-order valence-corrected chi connectivity index (χ0v) is 13.9. The number of esters is 1. The molecule has 0 saturated heterocycles. The SMILES string of the molecule is CC(OC(=O)CNC(=O)Cc1ccccc1)C(=O)NC(=O)NC1CC1. The molecule has 0 aliphatic heterocycles. The lowest BCUT2D eigenvalue weighted by molar-refractivity contribution is -0.154. The second-order valence-electron chi connectivity index (χ2n) is 5.81. The summed E-state index contributed by atoms with van der Waals surface area (Å²) in [5.74, 6) is -1.81.